The number of nitrogens with one attached hydrogen (secondary N) is 1. The van der Waals surface area contributed by atoms with Crippen LogP contribution in [0.1, 0.15) is 21.9 Å². The zero-order valence-electron chi connectivity index (χ0n) is 9.67. The standard InChI is InChI=1S/C11H16ClNO3/c1-7-4-10(8(2)16-7)11(14)13-5-9(12)6-15-3/h4,9H,5-6H2,1-3H3,(H,13,14). The van der Waals surface area contributed by atoms with E-state index in [9.17, 15) is 4.79 Å². The largest absolute Gasteiger partial charge is 0.466 e. The van der Waals surface area contributed by atoms with Gasteiger partial charge in [0.1, 0.15) is 11.5 Å². The summed E-state index contributed by atoms with van der Waals surface area (Å²) in [6, 6.07) is 1.71. The predicted octanol–water partition coefficient (Wildman–Crippen LogP) is 1.88. The highest BCUT2D eigenvalue weighted by molar-refractivity contribution is 6.21. The van der Waals surface area contributed by atoms with E-state index in [1.807, 2.05) is 0 Å². The van der Waals surface area contributed by atoms with Crippen molar-refractivity contribution in [1.29, 1.82) is 0 Å². The fourth-order valence-corrected chi connectivity index (χ4v) is 1.60. The number of halogens is 1. The van der Waals surface area contributed by atoms with Crippen LogP contribution in [0.15, 0.2) is 10.5 Å². The molecule has 0 fully saturated rings. The molecule has 0 radical (unpaired) electrons. The minimum absolute atomic E-state index is 0.170. The van der Waals surface area contributed by atoms with Gasteiger partial charge in [-0.05, 0) is 19.9 Å². The topological polar surface area (TPSA) is 51.5 Å². The van der Waals surface area contributed by atoms with Crippen LogP contribution < -0.4 is 5.32 Å². The second-order valence-electron chi connectivity index (χ2n) is 3.59. The van der Waals surface area contributed by atoms with E-state index in [1.165, 1.54) is 0 Å². The monoisotopic (exact) mass is 245 g/mol. The number of hydrogen-bond donors (Lipinski definition) is 1. The molecule has 1 aromatic heterocycles. The summed E-state index contributed by atoms with van der Waals surface area (Å²) >= 11 is 5.89. The molecule has 0 spiro atoms. The molecule has 1 aromatic rings. The van der Waals surface area contributed by atoms with Gasteiger partial charge in [-0.2, -0.15) is 0 Å². The number of ether oxygens (including phenoxy) is 1. The van der Waals surface area contributed by atoms with Crippen LogP contribution in [0.25, 0.3) is 0 Å². The van der Waals surface area contributed by atoms with Gasteiger partial charge in [0.05, 0.1) is 17.5 Å². The fourth-order valence-electron chi connectivity index (χ4n) is 1.39. The maximum Gasteiger partial charge on any atom is 0.254 e. The van der Waals surface area contributed by atoms with Gasteiger partial charge in [0, 0.05) is 13.7 Å². The van der Waals surface area contributed by atoms with Gasteiger partial charge in [-0.15, -0.1) is 11.6 Å². The number of aryl methyl sites for hydroxylation is 2. The molecule has 0 saturated heterocycles. The van der Waals surface area contributed by atoms with Crippen molar-refractivity contribution < 1.29 is 13.9 Å². The van der Waals surface area contributed by atoms with Crippen LogP contribution in [0, 0.1) is 13.8 Å². The van der Waals surface area contributed by atoms with Gasteiger partial charge in [0.25, 0.3) is 5.91 Å². The average Bonchev–Trinajstić information content (AvgIpc) is 2.55. The van der Waals surface area contributed by atoms with Crippen molar-refractivity contribution in [1.82, 2.24) is 5.32 Å². The summed E-state index contributed by atoms with van der Waals surface area (Å²) in [4.78, 5) is 11.7. The lowest BCUT2D eigenvalue weighted by Gasteiger charge is -2.09. The first-order valence-corrected chi connectivity index (χ1v) is 5.46. The van der Waals surface area contributed by atoms with E-state index in [1.54, 1.807) is 27.0 Å². The summed E-state index contributed by atoms with van der Waals surface area (Å²) < 4.78 is 10.1. The maximum atomic E-state index is 11.7. The molecule has 1 unspecified atom stereocenters. The quantitative estimate of drug-likeness (QED) is 0.806. The lowest BCUT2D eigenvalue weighted by molar-refractivity contribution is 0.0948. The molecule has 90 valence electrons. The molecule has 0 aliphatic heterocycles. The van der Waals surface area contributed by atoms with Crippen LogP contribution >= 0.6 is 11.6 Å². The Morgan fingerprint density at radius 2 is 2.31 bits per heavy atom. The Labute approximate surface area is 99.9 Å². The second-order valence-corrected chi connectivity index (χ2v) is 4.21. The van der Waals surface area contributed by atoms with Crippen LogP contribution in [0.3, 0.4) is 0 Å². The molecule has 1 atom stereocenters. The zero-order valence-corrected chi connectivity index (χ0v) is 10.4. The number of carbonyl (C=O) groups is 1. The normalized spacial score (nSPS) is 12.5. The molecule has 1 heterocycles. The van der Waals surface area contributed by atoms with Crippen molar-refractivity contribution in [2.24, 2.45) is 0 Å². The Bertz CT molecular complexity index is 362. The Hall–Kier alpha value is -1.00. The van der Waals surface area contributed by atoms with E-state index in [0.29, 0.717) is 24.5 Å². The Kier molecular flexibility index (Phi) is 4.83. The highest BCUT2D eigenvalue weighted by atomic mass is 35.5. The van der Waals surface area contributed by atoms with Gasteiger partial charge in [-0.1, -0.05) is 0 Å². The van der Waals surface area contributed by atoms with Gasteiger partial charge in [0.2, 0.25) is 0 Å². The molecule has 0 saturated carbocycles. The predicted molar refractivity (Wildman–Crippen MR) is 62.0 cm³/mol. The number of hydrogen-bond acceptors (Lipinski definition) is 3. The van der Waals surface area contributed by atoms with Crippen molar-refractivity contribution in [3.63, 3.8) is 0 Å². The van der Waals surface area contributed by atoms with Gasteiger partial charge >= 0.3 is 0 Å². The first-order chi connectivity index (χ1) is 7.54. The van der Waals surface area contributed by atoms with Gasteiger partial charge in [-0.3, -0.25) is 4.79 Å². The molecular formula is C11H16ClNO3. The lowest BCUT2D eigenvalue weighted by atomic mass is 10.2. The molecule has 4 nitrogen and oxygen atoms in total. The summed E-state index contributed by atoms with van der Waals surface area (Å²) in [5.41, 5.74) is 0.554. The molecule has 1 amide bonds. The third-order valence-electron chi connectivity index (χ3n) is 2.12. The Morgan fingerprint density at radius 1 is 1.62 bits per heavy atom. The van der Waals surface area contributed by atoms with E-state index >= 15 is 0 Å². The molecule has 1 rings (SSSR count). The summed E-state index contributed by atoms with van der Waals surface area (Å²) in [6.07, 6.45) is 0. The van der Waals surface area contributed by atoms with Crippen LogP contribution in [0.4, 0.5) is 0 Å². The molecule has 1 N–H and O–H groups in total. The third-order valence-corrected chi connectivity index (χ3v) is 2.40. The van der Waals surface area contributed by atoms with Gasteiger partial charge < -0.3 is 14.5 Å². The van der Waals surface area contributed by atoms with Crippen LogP contribution in [0.2, 0.25) is 0 Å². The number of methoxy groups -OCH3 is 1. The number of rotatable bonds is 5. The van der Waals surface area contributed by atoms with E-state index in [0.717, 1.165) is 5.76 Å². The molecule has 0 aromatic carbocycles. The van der Waals surface area contributed by atoms with Crippen molar-refractivity contribution in [2.75, 3.05) is 20.3 Å². The molecule has 0 bridgehead atoms. The highest BCUT2D eigenvalue weighted by Crippen LogP contribution is 2.13. The first kappa shape index (κ1) is 13.1. The van der Waals surface area contributed by atoms with E-state index < -0.39 is 0 Å². The number of alkyl halides is 1. The highest BCUT2D eigenvalue weighted by Gasteiger charge is 2.14. The second kappa shape index (κ2) is 5.92. The number of amides is 1. The Balaban J connectivity index is 2.50. The lowest BCUT2D eigenvalue weighted by Crippen LogP contribution is -2.31. The Morgan fingerprint density at radius 3 is 2.81 bits per heavy atom. The smallest absolute Gasteiger partial charge is 0.254 e. The van der Waals surface area contributed by atoms with Gasteiger partial charge in [-0.25, -0.2) is 0 Å². The molecular weight excluding hydrogens is 230 g/mol. The van der Waals surface area contributed by atoms with E-state index in [4.69, 9.17) is 20.8 Å². The minimum atomic E-state index is -0.220. The summed E-state index contributed by atoms with van der Waals surface area (Å²) in [6.45, 7) is 4.34. The summed E-state index contributed by atoms with van der Waals surface area (Å²) in [7, 11) is 1.57. The first-order valence-electron chi connectivity index (χ1n) is 5.02. The average molecular weight is 246 g/mol. The van der Waals surface area contributed by atoms with Crippen LogP contribution in [0.5, 0.6) is 0 Å². The number of furan rings is 1. The third kappa shape index (κ3) is 3.54. The summed E-state index contributed by atoms with van der Waals surface area (Å²) in [5.74, 6) is 1.17. The SMILES string of the molecule is COCC(Cl)CNC(=O)c1cc(C)oc1C. The van der Waals surface area contributed by atoms with Gasteiger partial charge in [0.15, 0.2) is 0 Å². The summed E-state index contributed by atoms with van der Waals surface area (Å²) in [5, 5.41) is 2.51. The fraction of sp³-hybridized carbons (Fsp3) is 0.545. The van der Waals surface area contributed by atoms with Crippen LogP contribution in [-0.4, -0.2) is 31.5 Å². The van der Waals surface area contributed by atoms with E-state index in [-0.39, 0.29) is 11.3 Å². The van der Waals surface area contributed by atoms with Crippen molar-refractivity contribution in [3.8, 4) is 0 Å². The number of carbonyl (C=O) groups excluding carboxylic acids is 1. The molecule has 0 aliphatic carbocycles. The minimum Gasteiger partial charge on any atom is -0.466 e. The van der Waals surface area contributed by atoms with Crippen molar-refractivity contribution >= 4 is 17.5 Å². The van der Waals surface area contributed by atoms with E-state index in [2.05, 4.69) is 5.32 Å². The van der Waals surface area contributed by atoms with Crippen molar-refractivity contribution in [2.45, 2.75) is 19.2 Å². The molecule has 16 heavy (non-hydrogen) atoms. The maximum absolute atomic E-state index is 11.7. The van der Waals surface area contributed by atoms with Crippen LogP contribution in [-0.2, 0) is 4.74 Å². The zero-order chi connectivity index (χ0) is 12.1. The molecule has 0 aliphatic rings. The van der Waals surface area contributed by atoms with Crippen molar-refractivity contribution in [3.05, 3.63) is 23.2 Å². The molecule has 5 heteroatoms.